The van der Waals surface area contributed by atoms with Gasteiger partial charge in [-0.05, 0) is 25.5 Å². The number of aryl methyl sites for hydroxylation is 3. The third kappa shape index (κ3) is 4.25. The van der Waals surface area contributed by atoms with Crippen LogP contribution in [0.15, 0.2) is 39.9 Å². The summed E-state index contributed by atoms with van der Waals surface area (Å²) in [5.41, 5.74) is 1.39. The predicted molar refractivity (Wildman–Crippen MR) is 103 cm³/mol. The standard InChI is InChI=1S/C19H21N5O4/c1-12-5-4-6-14-18(12)20-11-24(19(14)27)8-7-17(26)23(3)10-16(25)21-15-9-13(2)28-22-15/h4-6,9,11H,7-8,10H2,1-3H3,(H,21,22,25). The van der Waals surface area contributed by atoms with E-state index in [1.807, 2.05) is 13.0 Å². The second kappa shape index (κ2) is 8.03. The molecule has 146 valence electrons. The number of amides is 2. The van der Waals surface area contributed by atoms with E-state index < -0.39 is 0 Å². The van der Waals surface area contributed by atoms with Crippen molar-refractivity contribution in [2.75, 3.05) is 18.9 Å². The molecule has 0 fully saturated rings. The zero-order valence-electron chi connectivity index (χ0n) is 15.9. The van der Waals surface area contributed by atoms with E-state index in [4.69, 9.17) is 4.52 Å². The summed E-state index contributed by atoms with van der Waals surface area (Å²) >= 11 is 0. The van der Waals surface area contributed by atoms with E-state index in [0.717, 1.165) is 5.56 Å². The van der Waals surface area contributed by atoms with Gasteiger partial charge in [0.1, 0.15) is 5.76 Å². The van der Waals surface area contributed by atoms with Crippen molar-refractivity contribution in [1.29, 1.82) is 0 Å². The molecule has 9 heteroatoms. The molecule has 0 spiro atoms. The minimum absolute atomic E-state index is 0.0752. The van der Waals surface area contributed by atoms with Crippen LogP contribution in [0.1, 0.15) is 17.7 Å². The van der Waals surface area contributed by atoms with Gasteiger partial charge in [-0.15, -0.1) is 0 Å². The van der Waals surface area contributed by atoms with Gasteiger partial charge in [-0.25, -0.2) is 4.98 Å². The Kier molecular flexibility index (Phi) is 5.53. The second-order valence-electron chi connectivity index (χ2n) is 6.58. The van der Waals surface area contributed by atoms with Crippen LogP contribution in [0.5, 0.6) is 0 Å². The number of nitrogens with zero attached hydrogens (tertiary/aromatic N) is 4. The molecule has 2 amide bonds. The van der Waals surface area contributed by atoms with E-state index in [0.29, 0.717) is 22.5 Å². The fourth-order valence-electron chi connectivity index (χ4n) is 2.81. The van der Waals surface area contributed by atoms with Crippen LogP contribution in [0.4, 0.5) is 5.82 Å². The number of carbonyl (C=O) groups is 2. The van der Waals surface area contributed by atoms with Crippen LogP contribution < -0.4 is 10.9 Å². The summed E-state index contributed by atoms with van der Waals surface area (Å²) in [5.74, 6) is 0.226. The first-order valence-electron chi connectivity index (χ1n) is 8.77. The average molecular weight is 383 g/mol. The van der Waals surface area contributed by atoms with Gasteiger partial charge in [0.2, 0.25) is 11.8 Å². The third-order valence-corrected chi connectivity index (χ3v) is 4.32. The van der Waals surface area contributed by atoms with Crippen LogP contribution in [0.3, 0.4) is 0 Å². The van der Waals surface area contributed by atoms with Crippen molar-refractivity contribution in [3.63, 3.8) is 0 Å². The Morgan fingerprint density at radius 1 is 1.29 bits per heavy atom. The Labute approximate surface area is 160 Å². The topological polar surface area (TPSA) is 110 Å². The molecule has 0 aliphatic rings. The number of aromatic nitrogens is 3. The summed E-state index contributed by atoms with van der Waals surface area (Å²) in [7, 11) is 1.53. The maximum absolute atomic E-state index is 12.6. The number of anilines is 1. The van der Waals surface area contributed by atoms with Gasteiger partial charge in [0.05, 0.1) is 23.8 Å². The maximum atomic E-state index is 12.6. The highest BCUT2D eigenvalue weighted by molar-refractivity contribution is 5.93. The van der Waals surface area contributed by atoms with Gasteiger partial charge in [0, 0.05) is 26.1 Å². The smallest absolute Gasteiger partial charge is 0.261 e. The first-order valence-corrected chi connectivity index (χ1v) is 8.77. The molecule has 3 aromatic rings. The monoisotopic (exact) mass is 383 g/mol. The predicted octanol–water partition coefficient (Wildman–Crippen LogP) is 1.49. The zero-order valence-corrected chi connectivity index (χ0v) is 15.9. The van der Waals surface area contributed by atoms with Crippen LogP contribution in [-0.4, -0.2) is 45.0 Å². The van der Waals surface area contributed by atoms with Gasteiger partial charge in [0.25, 0.3) is 5.56 Å². The molecule has 0 radical (unpaired) electrons. The Morgan fingerprint density at radius 3 is 2.79 bits per heavy atom. The molecule has 0 saturated carbocycles. The molecular weight excluding hydrogens is 362 g/mol. The minimum atomic E-state index is -0.385. The lowest BCUT2D eigenvalue weighted by Crippen LogP contribution is -2.36. The zero-order chi connectivity index (χ0) is 20.3. The van der Waals surface area contributed by atoms with Gasteiger partial charge >= 0.3 is 0 Å². The lowest BCUT2D eigenvalue weighted by molar-refractivity contribution is -0.133. The van der Waals surface area contributed by atoms with Gasteiger partial charge in [-0.1, -0.05) is 17.3 Å². The SMILES string of the molecule is Cc1cc(NC(=O)CN(C)C(=O)CCn2cnc3c(C)cccc3c2=O)no1. The number of rotatable bonds is 6. The normalized spacial score (nSPS) is 10.8. The van der Waals surface area contributed by atoms with Crippen LogP contribution in [0.25, 0.3) is 10.9 Å². The summed E-state index contributed by atoms with van der Waals surface area (Å²) in [4.78, 5) is 42.5. The molecule has 1 aromatic carbocycles. The molecule has 2 heterocycles. The highest BCUT2D eigenvalue weighted by atomic mass is 16.5. The number of para-hydroxylation sites is 1. The largest absolute Gasteiger partial charge is 0.360 e. The van der Waals surface area contributed by atoms with Crippen molar-refractivity contribution in [2.24, 2.45) is 0 Å². The number of hydrogen-bond donors (Lipinski definition) is 1. The molecule has 0 unspecified atom stereocenters. The number of likely N-dealkylation sites (N-methyl/N-ethyl adjacent to an activating group) is 1. The summed E-state index contributed by atoms with van der Waals surface area (Å²) in [6.07, 6.45) is 1.52. The summed E-state index contributed by atoms with van der Waals surface area (Å²) in [5, 5.41) is 6.74. The van der Waals surface area contributed by atoms with Crippen molar-refractivity contribution in [3.05, 3.63) is 52.3 Å². The first-order chi connectivity index (χ1) is 13.3. The summed E-state index contributed by atoms with van der Waals surface area (Å²) in [6, 6.07) is 7.00. The lowest BCUT2D eigenvalue weighted by atomic mass is 10.1. The molecular formula is C19H21N5O4. The van der Waals surface area contributed by atoms with Gasteiger partial charge in [-0.3, -0.25) is 19.0 Å². The molecule has 3 rings (SSSR count). The third-order valence-electron chi connectivity index (χ3n) is 4.32. The summed E-state index contributed by atoms with van der Waals surface area (Å²) < 4.78 is 6.28. The first kappa shape index (κ1) is 19.3. The van der Waals surface area contributed by atoms with Crippen molar-refractivity contribution in [1.82, 2.24) is 19.6 Å². The molecule has 9 nitrogen and oxygen atoms in total. The van der Waals surface area contributed by atoms with Crippen LogP contribution in [0, 0.1) is 13.8 Å². The minimum Gasteiger partial charge on any atom is -0.360 e. The molecule has 0 atom stereocenters. The van der Waals surface area contributed by atoms with E-state index in [-0.39, 0.29) is 36.9 Å². The van der Waals surface area contributed by atoms with Crippen LogP contribution in [0.2, 0.25) is 0 Å². The number of hydrogen-bond acceptors (Lipinski definition) is 6. The Bertz CT molecular complexity index is 1090. The van der Waals surface area contributed by atoms with Gasteiger partial charge < -0.3 is 14.7 Å². The maximum Gasteiger partial charge on any atom is 0.261 e. The molecule has 2 aromatic heterocycles. The van der Waals surface area contributed by atoms with Crippen LogP contribution >= 0.6 is 0 Å². The van der Waals surface area contributed by atoms with Crippen molar-refractivity contribution in [2.45, 2.75) is 26.8 Å². The highest BCUT2D eigenvalue weighted by Gasteiger charge is 2.15. The molecule has 1 N–H and O–H groups in total. The number of benzene rings is 1. The molecule has 0 saturated heterocycles. The molecule has 0 aliphatic carbocycles. The quantitative estimate of drug-likeness (QED) is 0.690. The van der Waals surface area contributed by atoms with Crippen molar-refractivity contribution < 1.29 is 14.1 Å². The van der Waals surface area contributed by atoms with E-state index in [2.05, 4.69) is 15.5 Å². The second-order valence-corrected chi connectivity index (χ2v) is 6.58. The van der Waals surface area contributed by atoms with E-state index >= 15 is 0 Å². The van der Waals surface area contributed by atoms with E-state index in [1.165, 1.54) is 22.8 Å². The average Bonchev–Trinajstić information content (AvgIpc) is 3.06. The highest BCUT2D eigenvalue weighted by Crippen LogP contribution is 2.11. The van der Waals surface area contributed by atoms with Crippen molar-refractivity contribution >= 4 is 28.5 Å². The number of carbonyl (C=O) groups excluding carboxylic acids is 2. The molecule has 28 heavy (non-hydrogen) atoms. The summed E-state index contributed by atoms with van der Waals surface area (Å²) in [6.45, 7) is 3.66. The van der Waals surface area contributed by atoms with E-state index in [9.17, 15) is 14.4 Å². The number of nitrogens with one attached hydrogen (secondary N) is 1. The molecule has 0 aliphatic heterocycles. The van der Waals surface area contributed by atoms with Crippen molar-refractivity contribution in [3.8, 4) is 0 Å². The number of fused-ring (bicyclic) bond motifs is 1. The molecule has 0 bridgehead atoms. The Morgan fingerprint density at radius 2 is 2.07 bits per heavy atom. The Balaban J connectivity index is 1.59. The Hall–Kier alpha value is -3.49. The van der Waals surface area contributed by atoms with Gasteiger partial charge in [0.15, 0.2) is 5.82 Å². The van der Waals surface area contributed by atoms with Gasteiger partial charge in [-0.2, -0.15) is 0 Å². The van der Waals surface area contributed by atoms with Crippen LogP contribution in [-0.2, 0) is 16.1 Å². The lowest BCUT2D eigenvalue weighted by Gasteiger charge is -2.16. The fourth-order valence-corrected chi connectivity index (χ4v) is 2.81. The van der Waals surface area contributed by atoms with E-state index in [1.54, 1.807) is 25.1 Å². The fraction of sp³-hybridized carbons (Fsp3) is 0.316.